The molecule has 6 heteroatoms. The van der Waals surface area contributed by atoms with Gasteiger partial charge in [0, 0.05) is 11.8 Å². The second-order valence-electron chi connectivity index (χ2n) is 3.73. The number of halogens is 1. The molecular weight excluding hydrogens is 247 g/mol. The SMILES string of the molecule is N#Cc1ccc(NC(=O)c2ccnc(N)c2)c(F)c1. The van der Waals surface area contributed by atoms with Crippen LogP contribution in [0.2, 0.25) is 0 Å². The van der Waals surface area contributed by atoms with Crippen molar-refractivity contribution in [2.45, 2.75) is 0 Å². The highest BCUT2D eigenvalue weighted by atomic mass is 19.1. The monoisotopic (exact) mass is 256 g/mol. The van der Waals surface area contributed by atoms with Crippen LogP contribution in [0.25, 0.3) is 0 Å². The Kier molecular flexibility index (Phi) is 3.39. The number of nitrogens with two attached hydrogens (primary N) is 1. The average molecular weight is 256 g/mol. The zero-order valence-corrected chi connectivity index (χ0v) is 9.72. The van der Waals surface area contributed by atoms with Gasteiger partial charge in [0.25, 0.3) is 5.91 Å². The molecule has 0 unspecified atom stereocenters. The molecule has 94 valence electrons. The standard InChI is InChI=1S/C13H9FN4O/c14-10-5-8(7-15)1-2-11(10)18-13(19)9-3-4-17-12(16)6-9/h1-6H,(H2,16,17)(H,18,19). The van der Waals surface area contributed by atoms with Gasteiger partial charge in [-0.05, 0) is 30.3 Å². The van der Waals surface area contributed by atoms with Crippen LogP contribution in [-0.2, 0) is 0 Å². The predicted molar refractivity (Wildman–Crippen MR) is 67.7 cm³/mol. The van der Waals surface area contributed by atoms with Gasteiger partial charge in [0.05, 0.1) is 17.3 Å². The average Bonchev–Trinajstić information content (AvgIpc) is 2.41. The first-order valence-electron chi connectivity index (χ1n) is 5.32. The van der Waals surface area contributed by atoms with E-state index < -0.39 is 11.7 Å². The summed E-state index contributed by atoms with van der Waals surface area (Å²) in [6, 6.07) is 8.46. The number of nitrogen functional groups attached to an aromatic ring is 1. The molecule has 1 heterocycles. The number of benzene rings is 1. The summed E-state index contributed by atoms with van der Waals surface area (Å²) in [7, 11) is 0. The molecule has 0 radical (unpaired) electrons. The van der Waals surface area contributed by atoms with E-state index in [1.165, 1.54) is 30.5 Å². The van der Waals surface area contributed by atoms with Crippen molar-refractivity contribution in [1.82, 2.24) is 4.98 Å². The van der Waals surface area contributed by atoms with Gasteiger partial charge in [0.2, 0.25) is 0 Å². The molecule has 1 amide bonds. The number of hydrogen-bond acceptors (Lipinski definition) is 4. The van der Waals surface area contributed by atoms with Crippen LogP contribution >= 0.6 is 0 Å². The second kappa shape index (κ2) is 5.14. The van der Waals surface area contributed by atoms with Crippen LogP contribution in [-0.4, -0.2) is 10.9 Å². The largest absolute Gasteiger partial charge is 0.384 e. The Hall–Kier alpha value is -2.94. The maximum Gasteiger partial charge on any atom is 0.255 e. The van der Waals surface area contributed by atoms with E-state index in [9.17, 15) is 9.18 Å². The topological polar surface area (TPSA) is 91.8 Å². The van der Waals surface area contributed by atoms with E-state index in [4.69, 9.17) is 11.0 Å². The van der Waals surface area contributed by atoms with E-state index in [0.29, 0.717) is 0 Å². The molecular formula is C13H9FN4O. The summed E-state index contributed by atoms with van der Waals surface area (Å²) in [6.45, 7) is 0. The number of pyridine rings is 1. The molecule has 19 heavy (non-hydrogen) atoms. The molecule has 0 saturated carbocycles. The molecule has 3 N–H and O–H groups in total. The zero-order valence-electron chi connectivity index (χ0n) is 9.72. The minimum Gasteiger partial charge on any atom is -0.384 e. The van der Waals surface area contributed by atoms with Crippen molar-refractivity contribution in [3.8, 4) is 6.07 Å². The van der Waals surface area contributed by atoms with Crippen LogP contribution in [0.5, 0.6) is 0 Å². The van der Waals surface area contributed by atoms with E-state index in [1.807, 2.05) is 6.07 Å². The Bertz CT molecular complexity index is 679. The van der Waals surface area contributed by atoms with Gasteiger partial charge >= 0.3 is 0 Å². The summed E-state index contributed by atoms with van der Waals surface area (Å²) in [4.78, 5) is 15.6. The fraction of sp³-hybridized carbons (Fsp3) is 0. The maximum atomic E-state index is 13.6. The van der Waals surface area contributed by atoms with Crippen LogP contribution in [0.3, 0.4) is 0 Å². The molecule has 1 aromatic heterocycles. The highest BCUT2D eigenvalue weighted by Gasteiger charge is 2.10. The molecule has 0 atom stereocenters. The molecule has 2 aromatic rings. The maximum absolute atomic E-state index is 13.6. The number of carbonyl (C=O) groups excluding carboxylic acids is 1. The van der Waals surface area contributed by atoms with Crippen LogP contribution in [0.4, 0.5) is 15.9 Å². The molecule has 0 fully saturated rings. The summed E-state index contributed by atoms with van der Waals surface area (Å²) >= 11 is 0. The normalized spacial score (nSPS) is 9.68. The third-order valence-corrected chi connectivity index (χ3v) is 2.39. The van der Waals surface area contributed by atoms with Crippen molar-refractivity contribution in [1.29, 1.82) is 5.26 Å². The van der Waals surface area contributed by atoms with Gasteiger partial charge in [-0.3, -0.25) is 4.79 Å². The zero-order chi connectivity index (χ0) is 13.8. The third-order valence-electron chi connectivity index (χ3n) is 2.39. The van der Waals surface area contributed by atoms with E-state index in [-0.39, 0.29) is 22.6 Å². The van der Waals surface area contributed by atoms with Crippen molar-refractivity contribution in [2.75, 3.05) is 11.1 Å². The fourth-order valence-electron chi connectivity index (χ4n) is 1.47. The second-order valence-corrected chi connectivity index (χ2v) is 3.73. The van der Waals surface area contributed by atoms with E-state index >= 15 is 0 Å². The highest BCUT2D eigenvalue weighted by Crippen LogP contribution is 2.16. The van der Waals surface area contributed by atoms with Crippen molar-refractivity contribution in [2.24, 2.45) is 0 Å². The molecule has 0 saturated heterocycles. The number of nitrogens with one attached hydrogen (secondary N) is 1. The number of hydrogen-bond donors (Lipinski definition) is 2. The summed E-state index contributed by atoms with van der Waals surface area (Å²) in [5, 5.41) is 11.0. The summed E-state index contributed by atoms with van der Waals surface area (Å²) in [5.41, 5.74) is 5.91. The van der Waals surface area contributed by atoms with E-state index in [0.717, 1.165) is 6.07 Å². The van der Waals surface area contributed by atoms with Gasteiger partial charge in [0.1, 0.15) is 11.6 Å². The number of anilines is 2. The van der Waals surface area contributed by atoms with Crippen LogP contribution < -0.4 is 11.1 Å². The Labute approximate surface area is 108 Å². The molecule has 0 spiro atoms. The van der Waals surface area contributed by atoms with Gasteiger partial charge in [-0.25, -0.2) is 9.37 Å². The summed E-state index contributed by atoms with van der Waals surface area (Å²) in [6.07, 6.45) is 1.39. The molecule has 0 aliphatic rings. The molecule has 0 bridgehead atoms. The minimum atomic E-state index is -0.672. The first-order chi connectivity index (χ1) is 9.10. The van der Waals surface area contributed by atoms with E-state index in [2.05, 4.69) is 10.3 Å². The molecule has 2 rings (SSSR count). The van der Waals surface area contributed by atoms with Crippen LogP contribution in [0, 0.1) is 17.1 Å². The van der Waals surface area contributed by atoms with E-state index in [1.54, 1.807) is 0 Å². The Balaban J connectivity index is 2.22. The molecule has 1 aromatic carbocycles. The lowest BCUT2D eigenvalue weighted by molar-refractivity contribution is 0.102. The van der Waals surface area contributed by atoms with Crippen molar-refractivity contribution in [3.05, 3.63) is 53.5 Å². The lowest BCUT2D eigenvalue weighted by Gasteiger charge is -2.06. The van der Waals surface area contributed by atoms with Crippen molar-refractivity contribution >= 4 is 17.4 Å². The van der Waals surface area contributed by atoms with Gasteiger partial charge in [-0.1, -0.05) is 0 Å². The van der Waals surface area contributed by atoms with Crippen LogP contribution in [0.1, 0.15) is 15.9 Å². The van der Waals surface area contributed by atoms with Crippen molar-refractivity contribution < 1.29 is 9.18 Å². The minimum absolute atomic E-state index is 0.000571. The summed E-state index contributed by atoms with van der Waals surface area (Å²) < 4.78 is 13.6. The number of rotatable bonds is 2. The van der Waals surface area contributed by atoms with Crippen molar-refractivity contribution in [3.63, 3.8) is 0 Å². The van der Waals surface area contributed by atoms with Gasteiger partial charge in [-0.2, -0.15) is 5.26 Å². The third kappa shape index (κ3) is 2.84. The molecule has 0 aliphatic carbocycles. The van der Waals surface area contributed by atoms with Gasteiger partial charge in [0.15, 0.2) is 0 Å². The number of nitrogens with zero attached hydrogens (tertiary/aromatic N) is 2. The fourth-order valence-corrected chi connectivity index (χ4v) is 1.47. The smallest absolute Gasteiger partial charge is 0.255 e. The van der Waals surface area contributed by atoms with Gasteiger partial charge in [-0.15, -0.1) is 0 Å². The number of aromatic nitrogens is 1. The Morgan fingerprint density at radius 3 is 2.79 bits per heavy atom. The predicted octanol–water partition coefficient (Wildman–Crippen LogP) is 1.93. The first kappa shape index (κ1) is 12.5. The Morgan fingerprint density at radius 1 is 1.37 bits per heavy atom. The number of carbonyl (C=O) groups is 1. The van der Waals surface area contributed by atoms with Crippen LogP contribution in [0.15, 0.2) is 36.5 Å². The first-order valence-corrected chi connectivity index (χ1v) is 5.32. The molecule has 0 aliphatic heterocycles. The lowest BCUT2D eigenvalue weighted by Crippen LogP contribution is -2.13. The number of amides is 1. The number of nitriles is 1. The Morgan fingerprint density at radius 2 is 2.16 bits per heavy atom. The summed E-state index contributed by atoms with van der Waals surface area (Å²) in [5.74, 6) is -0.972. The highest BCUT2D eigenvalue weighted by molar-refractivity contribution is 6.04. The van der Waals surface area contributed by atoms with Gasteiger partial charge < -0.3 is 11.1 Å². The quantitative estimate of drug-likeness (QED) is 0.858. The molecule has 5 nitrogen and oxygen atoms in total. The lowest BCUT2D eigenvalue weighted by atomic mass is 10.2.